The molecule has 0 spiro atoms. The smallest absolute Gasteiger partial charge is 0.239 e. The molecule has 2 heterocycles. The Morgan fingerprint density at radius 1 is 1.12 bits per heavy atom. The zero-order valence-electron chi connectivity index (χ0n) is 11.0. The van der Waals surface area contributed by atoms with Crippen LogP contribution >= 0.6 is 11.5 Å². The maximum atomic E-state index is 4.58. The molecule has 1 aliphatic heterocycles. The number of nitrogens with one attached hydrogen (secondary N) is 1. The van der Waals surface area contributed by atoms with Crippen LogP contribution in [0.15, 0.2) is 0 Å². The second-order valence-electron chi connectivity index (χ2n) is 5.68. The molecule has 1 saturated heterocycles. The molecule has 1 aliphatic rings. The van der Waals surface area contributed by atoms with Gasteiger partial charge in [0.05, 0.1) is 0 Å². The lowest BCUT2D eigenvalue weighted by Crippen LogP contribution is -2.27. The van der Waals surface area contributed by atoms with E-state index in [0.717, 1.165) is 24.2 Å². The summed E-state index contributed by atoms with van der Waals surface area (Å²) in [5.41, 5.74) is 0.0512. The van der Waals surface area contributed by atoms with Gasteiger partial charge in [-0.1, -0.05) is 12.8 Å². The fourth-order valence-electron chi connectivity index (χ4n) is 1.99. The van der Waals surface area contributed by atoms with Gasteiger partial charge in [-0.25, -0.2) is 0 Å². The van der Waals surface area contributed by atoms with E-state index in [1.807, 2.05) is 0 Å². The van der Waals surface area contributed by atoms with E-state index in [4.69, 9.17) is 0 Å². The first-order valence-electron chi connectivity index (χ1n) is 6.41. The van der Waals surface area contributed by atoms with E-state index in [1.165, 1.54) is 37.2 Å². The second-order valence-corrected chi connectivity index (χ2v) is 6.43. The SMILES string of the molecule is CC(C)(C)Nc1nc(N2CCCCCC2)ns1. The van der Waals surface area contributed by atoms with Crippen LogP contribution in [0, 0.1) is 0 Å². The highest BCUT2D eigenvalue weighted by molar-refractivity contribution is 7.09. The summed E-state index contributed by atoms with van der Waals surface area (Å²) in [4.78, 5) is 6.90. The second kappa shape index (κ2) is 5.21. The first-order valence-corrected chi connectivity index (χ1v) is 7.19. The first-order chi connectivity index (χ1) is 8.04. The molecule has 1 N–H and O–H groups in total. The zero-order chi connectivity index (χ0) is 12.3. The minimum Gasteiger partial charge on any atom is -0.356 e. The lowest BCUT2D eigenvalue weighted by Gasteiger charge is -2.20. The molecular weight excluding hydrogens is 232 g/mol. The van der Waals surface area contributed by atoms with Gasteiger partial charge in [0.15, 0.2) is 0 Å². The van der Waals surface area contributed by atoms with Gasteiger partial charge >= 0.3 is 0 Å². The van der Waals surface area contributed by atoms with Crippen molar-refractivity contribution in [3.63, 3.8) is 0 Å². The van der Waals surface area contributed by atoms with Crippen LogP contribution < -0.4 is 10.2 Å². The Hall–Kier alpha value is -0.840. The predicted molar refractivity (Wildman–Crippen MR) is 74.0 cm³/mol. The Morgan fingerprint density at radius 2 is 1.76 bits per heavy atom. The zero-order valence-corrected chi connectivity index (χ0v) is 11.8. The summed E-state index contributed by atoms with van der Waals surface area (Å²) >= 11 is 1.46. The van der Waals surface area contributed by atoms with Crippen molar-refractivity contribution in [3.05, 3.63) is 0 Å². The van der Waals surface area contributed by atoms with Gasteiger partial charge in [-0.15, -0.1) is 0 Å². The van der Waals surface area contributed by atoms with Crippen LogP contribution in [0.1, 0.15) is 46.5 Å². The molecule has 0 bridgehead atoms. The molecule has 0 saturated carbocycles. The molecule has 0 aromatic carbocycles. The molecule has 1 fully saturated rings. The average Bonchev–Trinajstić information content (AvgIpc) is 2.52. The van der Waals surface area contributed by atoms with Gasteiger partial charge < -0.3 is 10.2 Å². The van der Waals surface area contributed by atoms with Crippen LogP contribution in [0.4, 0.5) is 11.1 Å². The van der Waals surface area contributed by atoms with E-state index in [1.54, 1.807) is 0 Å². The lowest BCUT2D eigenvalue weighted by atomic mass is 10.1. The minimum absolute atomic E-state index is 0.0512. The average molecular weight is 254 g/mol. The lowest BCUT2D eigenvalue weighted by molar-refractivity contribution is 0.633. The molecule has 5 heteroatoms. The van der Waals surface area contributed by atoms with Crippen LogP contribution in [0.2, 0.25) is 0 Å². The normalized spacial score (nSPS) is 17.9. The van der Waals surface area contributed by atoms with E-state index in [9.17, 15) is 0 Å². The van der Waals surface area contributed by atoms with Gasteiger partial charge in [0, 0.05) is 30.2 Å². The molecule has 0 unspecified atom stereocenters. The molecule has 0 radical (unpaired) electrons. The molecular formula is C12H22N4S. The van der Waals surface area contributed by atoms with Gasteiger partial charge in [0.25, 0.3) is 0 Å². The summed E-state index contributed by atoms with van der Waals surface area (Å²) in [5, 5.41) is 4.30. The summed E-state index contributed by atoms with van der Waals surface area (Å²) in [5.74, 6) is 0.906. The third kappa shape index (κ3) is 3.84. The van der Waals surface area contributed by atoms with Crippen molar-refractivity contribution in [1.82, 2.24) is 9.36 Å². The van der Waals surface area contributed by atoms with E-state index < -0.39 is 0 Å². The van der Waals surface area contributed by atoms with Gasteiger partial charge in [-0.05, 0) is 33.6 Å². The van der Waals surface area contributed by atoms with E-state index >= 15 is 0 Å². The summed E-state index contributed by atoms with van der Waals surface area (Å²) in [6, 6.07) is 0. The van der Waals surface area contributed by atoms with Crippen LogP contribution in [0.25, 0.3) is 0 Å². The van der Waals surface area contributed by atoms with Crippen molar-refractivity contribution >= 4 is 22.6 Å². The van der Waals surface area contributed by atoms with Crippen molar-refractivity contribution in [2.45, 2.75) is 52.0 Å². The number of rotatable bonds is 2. The Kier molecular flexibility index (Phi) is 3.86. The van der Waals surface area contributed by atoms with Gasteiger partial charge in [0.1, 0.15) is 0 Å². The summed E-state index contributed by atoms with van der Waals surface area (Å²) < 4.78 is 4.46. The van der Waals surface area contributed by atoms with E-state index in [-0.39, 0.29) is 5.54 Å². The highest BCUT2D eigenvalue weighted by Gasteiger charge is 2.17. The minimum atomic E-state index is 0.0512. The summed E-state index contributed by atoms with van der Waals surface area (Å²) in [6.45, 7) is 8.62. The Labute approximate surface area is 108 Å². The molecule has 17 heavy (non-hydrogen) atoms. The number of aromatic nitrogens is 2. The van der Waals surface area contributed by atoms with Crippen molar-refractivity contribution < 1.29 is 0 Å². The number of hydrogen-bond donors (Lipinski definition) is 1. The van der Waals surface area contributed by atoms with Crippen LogP contribution in [-0.4, -0.2) is 28.0 Å². The number of anilines is 2. The maximum Gasteiger partial charge on any atom is 0.239 e. The van der Waals surface area contributed by atoms with E-state index in [2.05, 4.69) is 40.3 Å². The third-order valence-corrected chi connectivity index (χ3v) is 3.41. The molecule has 0 aliphatic carbocycles. The van der Waals surface area contributed by atoms with Crippen LogP contribution in [0.5, 0.6) is 0 Å². The van der Waals surface area contributed by atoms with Crippen molar-refractivity contribution in [3.8, 4) is 0 Å². The Bertz CT molecular complexity index is 348. The Morgan fingerprint density at radius 3 is 2.35 bits per heavy atom. The first kappa shape index (κ1) is 12.6. The molecule has 96 valence electrons. The standard InChI is InChI=1S/C12H22N4S/c1-12(2,3)14-11-13-10(15-17-11)16-8-6-4-5-7-9-16/h4-9H2,1-3H3,(H,13,14,15). The molecule has 0 atom stereocenters. The van der Waals surface area contributed by atoms with Crippen molar-refractivity contribution in [2.75, 3.05) is 23.3 Å². The fourth-order valence-corrected chi connectivity index (χ4v) is 2.79. The maximum absolute atomic E-state index is 4.58. The Balaban J connectivity index is 2.01. The van der Waals surface area contributed by atoms with E-state index in [0.29, 0.717) is 0 Å². The summed E-state index contributed by atoms with van der Waals surface area (Å²) in [7, 11) is 0. The largest absolute Gasteiger partial charge is 0.356 e. The fraction of sp³-hybridized carbons (Fsp3) is 0.833. The van der Waals surface area contributed by atoms with Crippen molar-refractivity contribution in [1.29, 1.82) is 0 Å². The summed E-state index contributed by atoms with van der Waals surface area (Å²) in [6.07, 6.45) is 5.21. The number of hydrogen-bond acceptors (Lipinski definition) is 5. The topological polar surface area (TPSA) is 41.1 Å². The van der Waals surface area contributed by atoms with Crippen LogP contribution in [-0.2, 0) is 0 Å². The van der Waals surface area contributed by atoms with Crippen LogP contribution in [0.3, 0.4) is 0 Å². The monoisotopic (exact) mass is 254 g/mol. The molecule has 1 aromatic rings. The van der Waals surface area contributed by atoms with Gasteiger partial charge in [-0.3, -0.25) is 0 Å². The van der Waals surface area contributed by atoms with Gasteiger partial charge in [-0.2, -0.15) is 9.36 Å². The molecule has 0 amide bonds. The third-order valence-electron chi connectivity index (χ3n) is 2.79. The molecule has 1 aromatic heterocycles. The highest BCUT2D eigenvalue weighted by Crippen LogP contribution is 2.23. The quantitative estimate of drug-likeness (QED) is 0.880. The number of nitrogens with zero attached hydrogens (tertiary/aromatic N) is 3. The van der Waals surface area contributed by atoms with Gasteiger partial charge in [0.2, 0.25) is 11.1 Å². The molecule has 2 rings (SSSR count). The molecule has 4 nitrogen and oxygen atoms in total. The predicted octanol–water partition coefficient (Wildman–Crippen LogP) is 3.13. The highest BCUT2D eigenvalue weighted by atomic mass is 32.1. The van der Waals surface area contributed by atoms with Crippen molar-refractivity contribution in [2.24, 2.45) is 0 Å².